The second-order valence-corrected chi connectivity index (χ2v) is 9.90. The molecule has 3 heterocycles. The van der Waals surface area contributed by atoms with Crippen molar-refractivity contribution in [1.29, 1.82) is 0 Å². The van der Waals surface area contributed by atoms with E-state index in [2.05, 4.69) is 70.0 Å². The summed E-state index contributed by atoms with van der Waals surface area (Å²) in [5, 5.41) is 15.0. The fraction of sp³-hybridized carbons (Fsp3) is 0.276. The molecule has 1 fully saturated rings. The van der Waals surface area contributed by atoms with E-state index in [0.717, 1.165) is 34.2 Å². The molecule has 2 aliphatic rings. The average molecular weight is 481 g/mol. The molecule has 182 valence electrons. The summed E-state index contributed by atoms with van der Waals surface area (Å²) in [5.41, 5.74) is 5.19. The highest BCUT2D eigenvalue weighted by Crippen LogP contribution is 2.39. The normalized spacial score (nSPS) is 19.2. The van der Waals surface area contributed by atoms with E-state index in [1.165, 1.54) is 5.52 Å². The summed E-state index contributed by atoms with van der Waals surface area (Å²) in [5.74, 6) is 0.0229. The molecule has 2 aromatic heterocycles. The average Bonchev–Trinajstić information content (AvgIpc) is 3.62. The van der Waals surface area contributed by atoms with Crippen LogP contribution in [0.3, 0.4) is 0 Å². The third kappa shape index (κ3) is 3.90. The summed E-state index contributed by atoms with van der Waals surface area (Å²) < 4.78 is 7.84. The lowest BCUT2D eigenvalue weighted by Gasteiger charge is -2.23. The van der Waals surface area contributed by atoms with Gasteiger partial charge < -0.3 is 19.1 Å². The molecule has 1 aliphatic heterocycles. The number of carboxylic acid groups (broad SMARTS) is 1. The Kier molecular flexibility index (Phi) is 5.48. The Morgan fingerprint density at radius 2 is 1.94 bits per heavy atom. The van der Waals surface area contributed by atoms with Gasteiger partial charge in [0.05, 0.1) is 5.92 Å². The summed E-state index contributed by atoms with van der Waals surface area (Å²) in [6.07, 6.45) is 9.03. The third-order valence-corrected chi connectivity index (χ3v) is 7.29. The number of carbonyl (C=O) groups is 1. The van der Waals surface area contributed by atoms with Crippen molar-refractivity contribution in [3.8, 4) is 22.8 Å². The Bertz CT molecular complexity index is 1490. The summed E-state index contributed by atoms with van der Waals surface area (Å²) in [4.78, 5) is 18.6. The number of hydrogen-bond acceptors (Lipinski definition) is 5. The molecule has 7 nitrogen and oxygen atoms in total. The Balaban J connectivity index is 1.19. The quantitative estimate of drug-likeness (QED) is 0.369. The zero-order valence-electron chi connectivity index (χ0n) is 20.3. The van der Waals surface area contributed by atoms with Crippen LogP contribution in [0.4, 0.5) is 0 Å². The first-order valence-electron chi connectivity index (χ1n) is 12.4. The first kappa shape index (κ1) is 22.3. The minimum absolute atomic E-state index is 0.0627. The number of benzene rings is 2. The van der Waals surface area contributed by atoms with Crippen molar-refractivity contribution in [3.63, 3.8) is 0 Å². The number of likely N-dealkylation sites (tertiary alicyclic amines) is 1. The Morgan fingerprint density at radius 3 is 2.72 bits per heavy atom. The van der Waals surface area contributed by atoms with Gasteiger partial charge in [-0.1, -0.05) is 41.6 Å². The first-order valence-corrected chi connectivity index (χ1v) is 12.4. The van der Waals surface area contributed by atoms with Crippen LogP contribution in [-0.2, 0) is 11.3 Å². The lowest BCUT2D eigenvalue weighted by atomic mass is 9.88. The van der Waals surface area contributed by atoms with Crippen molar-refractivity contribution in [3.05, 3.63) is 84.2 Å². The van der Waals surface area contributed by atoms with Crippen LogP contribution in [0, 0.1) is 11.8 Å². The monoisotopic (exact) mass is 480 g/mol. The van der Waals surface area contributed by atoms with Crippen molar-refractivity contribution >= 4 is 16.9 Å². The number of allylic oxidation sites excluding steroid dienone is 4. The van der Waals surface area contributed by atoms with E-state index in [4.69, 9.17) is 4.52 Å². The van der Waals surface area contributed by atoms with E-state index in [1.54, 1.807) is 0 Å². The van der Waals surface area contributed by atoms with Crippen LogP contribution in [0.15, 0.2) is 83.2 Å². The second-order valence-electron chi connectivity index (χ2n) is 9.90. The summed E-state index contributed by atoms with van der Waals surface area (Å²) in [7, 11) is 0. The molecule has 1 N–H and O–H groups in total. The largest absolute Gasteiger partial charge is 0.481 e. The van der Waals surface area contributed by atoms with E-state index in [1.807, 2.05) is 36.4 Å². The number of aromatic nitrogens is 3. The summed E-state index contributed by atoms with van der Waals surface area (Å²) in [6.45, 7) is 5.55. The number of carboxylic acids is 1. The Hall–Kier alpha value is -4.13. The summed E-state index contributed by atoms with van der Waals surface area (Å²) in [6, 6.07) is 16.8. The number of hydrogen-bond donors (Lipinski definition) is 1. The van der Waals surface area contributed by atoms with E-state index in [9.17, 15) is 9.90 Å². The third-order valence-electron chi connectivity index (χ3n) is 7.29. The molecule has 6 rings (SSSR count). The molecule has 0 amide bonds. The second kappa shape index (κ2) is 8.82. The van der Waals surface area contributed by atoms with Crippen LogP contribution in [0.1, 0.15) is 31.9 Å². The molecule has 0 radical (unpaired) electrons. The fourth-order valence-electron chi connectivity index (χ4n) is 5.41. The van der Waals surface area contributed by atoms with Crippen LogP contribution >= 0.6 is 0 Å². The van der Waals surface area contributed by atoms with E-state index in [0.29, 0.717) is 30.8 Å². The molecule has 36 heavy (non-hydrogen) atoms. The molecule has 1 aliphatic carbocycles. The smallest absolute Gasteiger partial charge is 0.308 e. The van der Waals surface area contributed by atoms with Crippen LogP contribution in [-0.4, -0.2) is 37.2 Å². The lowest BCUT2D eigenvalue weighted by molar-refractivity contribution is -0.142. The molecule has 2 atom stereocenters. The molecule has 7 heteroatoms. The molecule has 0 spiro atoms. The van der Waals surface area contributed by atoms with Crippen molar-refractivity contribution in [2.24, 2.45) is 11.8 Å². The maximum Gasteiger partial charge on any atom is 0.308 e. The molecular weight excluding hydrogens is 452 g/mol. The van der Waals surface area contributed by atoms with Crippen molar-refractivity contribution in [2.75, 3.05) is 6.54 Å². The van der Waals surface area contributed by atoms with Crippen LogP contribution in [0.25, 0.3) is 33.7 Å². The molecule has 2 aromatic carbocycles. The van der Waals surface area contributed by atoms with Gasteiger partial charge in [0.25, 0.3) is 5.89 Å². The highest BCUT2D eigenvalue weighted by atomic mass is 16.5. The highest BCUT2D eigenvalue weighted by molar-refractivity contribution is 5.84. The van der Waals surface area contributed by atoms with Gasteiger partial charge in [-0.15, -0.1) is 0 Å². The van der Waals surface area contributed by atoms with E-state index in [-0.39, 0.29) is 11.8 Å². The fourth-order valence-corrected chi connectivity index (χ4v) is 5.41. The Labute approximate surface area is 209 Å². The zero-order valence-corrected chi connectivity index (χ0v) is 20.3. The van der Waals surface area contributed by atoms with E-state index >= 15 is 0 Å². The zero-order chi connectivity index (χ0) is 24.8. The van der Waals surface area contributed by atoms with Gasteiger partial charge in [-0.3, -0.25) is 4.79 Å². The predicted molar refractivity (Wildman–Crippen MR) is 138 cm³/mol. The molecule has 0 bridgehead atoms. The van der Waals surface area contributed by atoms with Crippen LogP contribution in [0.5, 0.6) is 0 Å². The Morgan fingerprint density at radius 1 is 1.14 bits per heavy atom. The predicted octanol–water partition coefficient (Wildman–Crippen LogP) is 5.92. The first-order chi connectivity index (χ1) is 17.5. The van der Waals surface area contributed by atoms with E-state index < -0.39 is 5.97 Å². The maximum absolute atomic E-state index is 11.8. The van der Waals surface area contributed by atoms with Gasteiger partial charge in [-0.05, 0) is 56.2 Å². The van der Waals surface area contributed by atoms with Crippen molar-refractivity contribution in [2.45, 2.75) is 32.9 Å². The lowest BCUT2D eigenvalue weighted by Crippen LogP contribution is -2.23. The number of fused-ring (bicyclic) bond motifs is 2. The van der Waals surface area contributed by atoms with Gasteiger partial charge in [-0.25, -0.2) is 0 Å². The van der Waals surface area contributed by atoms with Gasteiger partial charge in [0.1, 0.15) is 0 Å². The standard InChI is InChI=1S/C29H28N4O3/c1-18(2)33-14-13-21-15-22(11-12-25(21)33)28-30-27(31-36-28)20-9-7-19(8-10-20)16-32-17-24(29(34)35)23-5-3-4-6-26(23)32/h3-4,6-15,18,23-24H,5,16-17H2,1-2H3,(H,34,35). The van der Waals surface area contributed by atoms with Crippen molar-refractivity contribution < 1.29 is 14.4 Å². The van der Waals surface area contributed by atoms with Gasteiger partial charge in [0, 0.05) is 59.0 Å². The topological polar surface area (TPSA) is 84.4 Å². The maximum atomic E-state index is 11.8. The molecule has 2 unspecified atom stereocenters. The van der Waals surface area contributed by atoms with Gasteiger partial charge in [-0.2, -0.15) is 4.98 Å². The molecule has 1 saturated heterocycles. The van der Waals surface area contributed by atoms with Gasteiger partial charge in [0.2, 0.25) is 5.82 Å². The molecule has 0 saturated carbocycles. The van der Waals surface area contributed by atoms with Crippen molar-refractivity contribution in [1.82, 2.24) is 19.6 Å². The summed E-state index contributed by atoms with van der Waals surface area (Å²) >= 11 is 0. The van der Waals surface area contributed by atoms with Crippen LogP contribution in [0.2, 0.25) is 0 Å². The van der Waals surface area contributed by atoms with Gasteiger partial charge >= 0.3 is 5.97 Å². The molecular formula is C29H28N4O3. The molecule has 4 aromatic rings. The number of rotatable bonds is 6. The minimum atomic E-state index is -0.719. The minimum Gasteiger partial charge on any atom is -0.481 e. The van der Waals surface area contributed by atoms with Crippen LogP contribution < -0.4 is 0 Å². The van der Waals surface area contributed by atoms with Gasteiger partial charge in [0.15, 0.2) is 0 Å². The SMILES string of the molecule is CC(C)n1ccc2cc(-c3nc(-c4ccc(CN5CC(C(=O)O)C6CC=CC=C65)cc4)no3)ccc21. The number of aliphatic carboxylic acids is 1. The number of nitrogens with zero attached hydrogens (tertiary/aromatic N) is 4. The highest BCUT2D eigenvalue weighted by Gasteiger charge is 2.40.